The largest absolute Gasteiger partial charge is 0.508 e. The van der Waals surface area contributed by atoms with E-state index in [0.717, 1.165) is 31.0 Å². The summed E-state index contributed by atoms with van der Waals surface area (Å²) in [5, 5.41) is 13.0. The van der Waals surface area contributed by atoms with Crippen LogP contribution in [0.4, 0.5) is 14.5 Å². The van der Waals surface area contributed by atoms with Gasteiger partial charge in [0.15, 0.2) is 0 Å². The van der Waals surface area contributed by atoms with Crippen molar-refractivity contribution in [3.63, 3.8) is 0 Å². The van der Waals surface area contributed by atoms with E-state index in [9.17, 15) is 18.7 Å². The number of nitrogens with one attached hydrogen (secondary N) is 1. The number of hydrogen-bond acceptors (Lipinski definition) is 5. The number of hydrogen-bond donors (Lipinski definition) is 2. The van der Waals surface area contributed by atoms with Crippen molar-refractivity contribution in [2.75, 3.05) is 13.2 Å². The summed E-state index contributed by atoms with van der Waals surface area (Å²) in [6, 6.07) is 8.76. The molecule has 0 bridgehead atoms. The van der Waals surface area contributed by atoms with Crippen molar-refractivity contribution in [3.05, 3.63) is 65.2 Å². The van der Waals surface area contributed by atoms with Crippen LogP contribution < -0.4 is 10.9 Å². The second kappa shape index (κ2) is 8.00. The van der Waals surface area contributed by atoms with Crippen LogP contribution in [-0.2, 0) is 4.74 Å². The summed E-state index contributed by atoms with van der Waals surface area (Å²) < 4.78 is 38.3. The van der Waals surface area contributed by atoms with Crippen molar-refractivity contribution in [2.45, 2.75) is 18.9 Å². The number of carbonyl (C=O) groups is 1. The van der Waals surface area contributed by atoms with E-state index >= 15 is 0 Å². The molecule has 1 atom stereocenters. The highest BCUT2D eigenvalue weighted by Gasteiger charge is 2.18. The molecule has 6 nitrogen and oxygen atoms in total. The Morgan fingerprint density at radius 3 is 2.69 bits per heavy atom. The van der Waals surface area contributed by atoms with Crippen molar-refractivity contribution in [3.8, 4) is 5.75 Å². The summed E-state index contributed by atoms with van der Waals surface area (Å²) in [7, 11) is 0. The molecule has 4 rings (SSSR count). The molecular weight excluding hydrogens is 382 g/mol. The Morgan fingerprint density at radius 1 is 1.17 bits per heavy atom. The third kappa shape index (κ3) is 4.43. The van der Waals surface area contributed by atoms with Gasteiger partial charge < -0.3 is 19.6 Å². The zero-order chi connectivity index (χ0) is 20.4. The molecule has 3 aromatic rings. The highest BCUT2D eigenvalue weighted by molar-refractivity contribution is 5.96. The SMILES string of the molecule is O=C(NC[C@H]1CCCO1)c1cc2ccc(O)cc2oc1=Nc1cc(F)cc(F)c1. The van der Waals surface area contributed by atoms with Crippen molar-refractivity contribution >= 4 is 22.6 Å². The molecule has 1 aromatic heterocycles. The van der Waals surface area contributed by atoms with Crippen molar-refractivity contribution < 1.29 is 27.8 Å². The van der Waals surface area contributed by atoms with E-state index in [1.165, 1.54) is 12.1 Å². The van der Waals surface area contributed by atoms with Crippen LogP contribution in [0.1, 0.15) is 23.2 Å². The predicted molar refractivity (Wildman–Crippen MR) is 101 cm³/mol. The standard InChI is InChI=1S/C21H18F2N2O4/c22-13-7-14(23)9-15(8-13)25-21-18(20(27)24-11-17-2-1-5-28-17)6-12-3-4-16(26)10-19(12)29-21/h3-4,6-10,17,26H,1-2,5,11H2,(H,24,27)/t17-/m1/s1. The van der Waals surface area contributed by atoms with Crippen LogP contribution in [0.3, 0.4) is 0 Å². The molecule has 0 unspecified atom stereocenters. The topological polar surface area (TPSA) is 84.1 Å². The zero-order valence-electron chi connectivity index (χ0n) is 15.3. The minimum Gasteiger partial charge on any atom is -0.508 e. The minimum atomic E-state index is -0.799. The van der Waals surface area contributed by atoms with Gasteiger partial charge in [-0.15, -0.1) is 0 Å². The van der Waals surface area contributed by atoms with Crippen LogP contribution >= 0.6 is 0 Å². The Bertz CT molecular complexity index is 1120. The number of carbonyl (C=O) groups excluding carboxylic acids is 1. The first kappa shape index (κ1) is 19.1. The highest BCUT2D eigenvalue weighted by Crippen LogP contribution is 2.21. The van der Waals surface area contributed by atoms with Crippen LogP contribution in [0.25, 0.3) is 11.0 Å². The number of nitrogens with zero attached hydrogens (tertiary/aromatic N) is 1. The van der Waals surface area contributed by atoms with Gasteiger partial charge >= 0.3 is 0 Å². The van der Waals surface area contributed by atoms with Gasteiger partial charge in [0.05, 0.1) is 11.8 Å². The van der Waals surface area contributed by atoms with E-state index in [-0.39, 0.29) is 34.2 Å². The number of fused-ring (bicyclic) bond motifs is 1. The first-order chi connectivity index (χ1) is 14.0. The van der Waals surface area contributed by atoms with Crippen LogP contribution in [-0.4, -0.2) is 30.3 Å². The van der Waals surface area contributed by atoms with Crippen LogP contribution in [0.15, 0.2) is 51.9 Å². The molecule has 2 N–H and O–H groups in total. The first-order valence-electron chi connectivity index (χ1n) is 9.15. The average molecular weight is 400 g/mol. The molecule has 0 radical (unpaired) electrons. The van der Waals surface area contributed by atoms with Gasteiger partial charge in [-0.3, -0.25) is 4.79 Å². The number of rotatable bonds is 4. The fraction of sp³-hybridized carbons (Fsp3) is 0.238. The van der Waals surface area contributed by atoms with Gasteiger partial charge in [0.25, 0.3) is 5.91 Å². The van der Waals surface area contributed by atoms with Gasteiger partial charge in [-0.05, 0) is 43.2 Å². The molecule has 0 aliphatic carbocycles. The lowest BCUT2D eigenvalue weighted by atomic mass is 10.1. The van der Waals surface area contributed by atoms with Gasteiger partial charge in [-0.25, -0.2) is 13.8 Å². The lowest BCUT2D eigenvalue weighted by molar-refractivity contribution is 0.0854. The second-order valence-electron chi connectivity index (χ2n) is 6.77. The lowest BCUT2D eigenvalue weighted by Gasteiger charge is -2.11. The summed E-state index contributed by atoms with van der Waals surface area (Å²) in [6.45, 7) is 1.00. The van der Waals surface area contributed by atoms with E-state index < -0.39 is 17.5 Å². The number of amides is 1. The molecule has 150 valence electrons. The third-order valence-corrected chi connectivity index (χ3v) is 4.57. The Hall–Kier alpha value is -3.26. The van der Waals surface area contributed by atoms with Gasteiger partial charge in [0, 0.05) is 30.7 Å². The van der Waals surface area contributed by atoms with E-state index in [0.29, 0.717) is 18.5 Å². The molecule has 2 heterocycles. The van der Waals surface area contributed by atoms with Gasteiger partial charge in [0.1, 0.15) is 28.5 Å². The van der Waals surface area contributed by atoms with Gasteiger partial charge in [0.2, 0.25) is 5.55 Å². The van der Waals surface area contributed by atoms with E-state index in [2.05, 4.69) is 10.3 Å². The van der Waals surface area contributed by atoms with Crippen LogP contribution in [0.2, 0.25) is 0 Å². The third-order valence-electron chi connectivity index (χ3n) is 4.57. The second-order valence-corrected chi connectivity index (χ2v) is 6.77. The molecule has 0 spiro atoms. The molecule has 29 heavy (non-hydrogen) atoms. The number of ether oxygens (including phenoxy) is 1. The van der Waals surface area contributed by atoms with Crippen molar-refractivity contribution in [1.29, 1.82) is 0 Å². The molecule has 1 amide bonds. The Morgan fingerprint density at radius 2 is 1.97 bits per heavy atom. The molecule has 1 saturated heterocycles. The Labute approximate surface area is 164 Å². The zero-order valence-corrected chi connectivity index (χ0v) is 15.3. The van der Waals surface area contributed by atoms with Crippen LogP contribution in [0, 0.1) is 11.6 Å². The molecule has 2 aromatic carbocycles. The number of aromatic hydroxyl groups is 1. The molecular formula is C21H18F2N2O4. The Balaban J connectivity index is 1.77. The van der Waals surface area contributed by atoms with E-state index in [1.807, 2.05) is 0 Å². The Kier molecular flexibility index (Phi) is 5.26. The maximum absolute atomic E-state index is 13.5. The number of phenolic OH excluding ortho intramolecular Hbond substituents is 1. The van der Waals surface area contributed by atoms with Crippen molar-refractivity contribution in [2.24, 2.45) is 4.99 Å². The normalized spacial score (nSPS) is 17.0. The summed E-state index contributed by atoms with van der Waals surface area (Å²) in [4.78, 5) is 16.9. The lowest BCUT2D eigenvalue weighted by Crippen LogP contribution is -2.34. The van der Waals surface area contributed by atoms with Gasteiger partial charge in [-0.1, -0.05) is 0 Å². The molecule has 1 fully saturated rings. The predicted octanol–water partition coefficient (Wildman–Crippen LogP) is 3.56. The van der Waals surface area contributed by atoms with Gasteiger partial charge in [-0.2, -0.15) is 0 Å². The maximum Gasteiger partial charge on any atom is 0.256 e. The molecule has 0 saturated carbocycles. The molecule has 1 aliphatic rings. The fourth-order valence-electron chi connectivity index (χ4n) is 3.18. The number of benzene rings is 2. The monoisotopic (exact) mass is 400 g/mol. The molecule has 8 heteroatoms. The van der Waals surface area contributed by atoms with Crippen LogP contribution in [0.5, 0.6) is 5.75 Å². The minimum absolute atomic E-state index is 0.0282. The highest BCUT2D eigenvalue weighted by atomic mass is 19.1. The summed E-state index contributed by atoms with van der Waals surface area (Å²) in [5.74, 6) is -2.08. The van der Waals surface area contributed by atoms with E-state index in [4.69, 9.17) is 9.15 Å². The molecule has 1 aliphatic heterocycles. The van der Waals surface area contributed by atoms with E-state index in [1.54, 1.807) is 12.1 Å². The number of halogens is 2. The summed E-state index contributed by atoms with van der Waals surface area (Å²) in [5.41, 5.74) is 0.207. The number of phenols is 1. The average Bonchev–Trinajstić information content (AvgIpc) is 3.18. The summed E-state index contributed by atoms with van der Waals surface area (Å²) in [6.07, 6.45) is 1.76. The van der Waals surface area contributed by atoms with Crippen molar-refractivity contribution in [1.82, 2.24) is 5.32 Å². The summed E-state index contributed by atoms with van der Waals surface area (Å²) >= 11 is 0. The first-order valence-corrected chi connectivity index (χ1v) is 9.15. The smallest absolute Gasteiger partial charge is 0.256 e. The maximum atomic E-state index is 13.5. The fourth-order valence-corrected chi connectivity index (χ4v) is 3.18. The quantitative estimate of drug-likeness (QED) is 0.702.